The van der Waals surface area contributed by atoms with Crippen LogP contribution in [0.4, 0.5) is 0 Å². The van der Waals surface area contributed by atoms with E-state index >= 15 is 0 Å². The highest BCUT2D eigenvalue weighted by atomic mass is 35.5. The van der Waals surface area contributed by atoms with E-state index in [0.717, 1.165) is 55.4 Å². The number of fused-ring (bicyclic) bond motifs is 1. The van der Waals surface area contributed by atoms with Gasteiger partial charge in [0.25, 0.3) is 5.91 Å². The van der Waals surface area contributed by atoms with Gasteiger partial charge in [-0.05, 0) is 47.5 Å². The highest BCUT2D eigenvalue weighted by Gasteiger charge is 2.20. The third-order valence-electron chi connectivity index (χ3n) is 5.71. The van der Waals surface area contributed by atoms with Crippen molar-refractivity contribution >= 4 is 35.1 Å². The molecule has 0 bridgehead atoms. The Kier molecular flexibility index (Phi) is 5.52. The summed E-state index contributed by atoms with van der Waals surface area (Å²) in [5.74, 6) is -0.127. The number of nitrogens with zero attached hydrogens (tertiary/aromatic N) is 3. The van der Waals surface area contributed by atoms with Crippen LogP contribution in [0.3, 0.4) is 0 Å². The molecule has 152 valence electrons. The minimum Gasteiger partial charge on any atom is -0.297 e. The molecular weight excluding hydrogens is 414 g/mol. The van der Waals surface area contributed by atoms with Crippen LogP contribution in [0, 0.1) is 0 Å². The van der Waals surface area contributed by atoms with E-state index in [-0.39, 0.29) is 5.91 Å². The van der Waals surface area contributed by atoms with Gasteiger partial charge in [-0.2, -0.15) is 0 Å². The van der Waals surface area contributed by atoms with Crippen LogP contribution >= 0.6 is 22.9 Å². The van der Waals surface area contributed by atoms with Crippen LogP contribution in [-0.2, 0) is 13.1 Å². The molecule has 3 heterocycles. The lowest BCUT2D eigenvalue weighted by atomic mass is 10.1. The monoisotopic (exact) mass is 435 g/mol. The van der Waals surface area contributed by atoms with E-state index in [1.54, 1.807) is 6.21 Å². The summed E-state index contributed by atoms with van der Waals surface area (Å²) < 4.78 is 0. The lowest BCUT2D eigenvalue weighted by Gasteiger charge is -2.34. The van der Waals surface area contributed by atoms with Gasteiger partial charge in [0.05, 0.1) is 5.56 Å². The molecule has 5 rings (SSSR count). The van der Waals surface area contributed by atoms with E-state index in [0.29, 0.717) is 0 Å². The molecule has 0 N–H and O–H groups in total. The van der Waals surface area contributed by atoms with Crippen molar-refractivity contribution < 1.29 is 4.79 Å². The molecule has 0 saturated carbocycles. The summed E-state index contributed by atoms with van der Waals surface area (Å²) in [6.45, 7) is 6.17. The third-order valence-corrected chi connectivity index (χ3v) is 7.08. The Bertz CT molecular complexity index is 1100. The Balaban J connectivity index is 1.15. The maximum Gasteiger partial charge on any atom is 0.277 e. The van der Waals surface area contributed by atoms with Crippen LogP contribution in [0.1, 0.15) is 26.4 Å². The van der Waals surface area contributed by atoms with Crippen LogP contribution in [0.5, 0.6) is 0 Å². The predicted molar refractivity (Wildman–Crippen MR) is 124 cm³/mol. The fourth-order valence-corrected chi connectivity index (χ4v) is 5.21. The first-order valence-electron chi connectivity index (χ1n) is 10.1. The molecule has 0 spiro atoms. The van der Waals surface area contributed by atoms with Gasteiger partial charge in [0, 0.05) is 65.8 Å². The van der Waals surface area contributed by atoms with Crippen LogP contribution in [0.15, 0.2) is 59.6 Å². The minimum absolute atomic E-state index is 0.127. The largest absolute Gasteiger partial charge is 0.297 e. The molecular formula is C24H22ClN3OS. The highest BCUT2D eigenvalue weighted by Crippen LogP contribution is 2.30. The summed E-state index contributed by atoms with van der Waals surface area (Å²) in [4.78, 5) is 23.2. The number of aliphatic imine (C=N–C) groups is 1. The maximum atomic E-state index is 11.6. The van der Waals surface area contributed by atoms with Crippen LogP contribution in [0.2, 0.25) is 5.02 Å². The number of piperazine rings is 1. The zero-order valence-corrected chi connectivity index (χ0v) is 18.1. The van der Waals surface area contributed by atoms with Gasteiger partial charge in [-0.15, -0.1) is 11.3 Å². The first-order valence-corrected chi connectivity index (χ1v) is 11.3. The Hall–Kier alpha value is -2.31. The molecule has 0 aliphatic carbocycles. The summed E-state index contributed by atoms with van der Waals surface area (Å²) >= 11 is 7.86. The molecule has 1 saturated heterocycles. The number of hydrogen-bond acceptors (Lipinski definition) is 4. The molecule has 0 radical (unpaired) electrons. The second kappa shape index (κ2) is 8.44. The van der Waals surface area contributed by atoms with Gasteiger partial charge in [0.1, 0.15) is 0 Å². The molecule has 2 aliphatic rings. The fourth-order valence-electron chi connectivity index (χ4n) is 4.03. The molecule has 1 aromatic heterocycles. The number of thiophene rings is 1. The number of rotatable bonds is 5. The smallest absolute Gasteiger partial charge is 0.277 e. The molecule has 2 aromatic carbocycles. The van der Waals surface area contributed by atoms with Crippen molar-refractivity contribution in [1.29, 1.82) is 0 Å². The number of carbonyl (C=O) groups excluding carboxylic acids is 1. The van der Waals surface area contributed by atoms with E-state index in [9.17, 15) is 4.79 Å². The van der Waals surface area contributed by atoms with Gasteiger partial charge in [-0.1, -0.05) is 29.8 Å². The Morgan fingerprint density at radius 2 is 1.63 bits per heavy atom. The zero-order valence-electron chi connectivity index (χ0n) is 16.6. The minimum atomic E-state index is -0.127. The Morgan fingerprint density at radius 1 is 0.900 bits per heavy atom. The van der Waals surface area contributed by atoms with E-state index in [1.165, 1.54) is 20.9 Å². The first-order chi connectivity index (χ1) is 14.6. The normalized spacial score (nSPS) is 16.9. The van der Waals surface area contributed by atoms with Crippen LogP contribution < -0.4 is 0 Å². The lowest BCUT2D eigenvalue weighted by molar-refractivity contribution is 0.101. The molecule has 0 atom stereocenters. The van der Waals surface area contributed by atoms with E-state index in [2.05, 4.69) is 51.2 Å². The Labute approximate surface area is 185 Å². The quantitative estimate of drug-likeness (QED) is 0.568. The molecule has 1 fully saturated rings. The van der Waals surface area contributed by atoms with Gasteiger partial charge in [-0.3, -0.25) is 14.6 Å². The van der Waals surface area contributed by atoms with Gasteiger partial charge in [0.2, 0.25) is 0 Å². The molecule has 30 heavy (non-hydrogen) atoms. The van der Waals surface area contributed by atoms with E-state index in [4.69, 9.17) is 11.6 Å². The average Bonchev–Trinajstić information content (AvgIpc) is 3.37. The molecule has 4 nitrogen and oxygen atoms in total. The number of amides is 1. The molecule has 6 heteroatoms. The van der Waals surface area contributed by atoms with Gasteiger partial charge >= 0.3 is 0 Å². The summed E-state index contributed by atoms with van der Waals surface area (Å²) in [7, 11) is 0. The summed E-state index contributed by atoms with van der Waals surface area (Å²) in [6.07, 6.45) is 1.68. The Morgan fingerprint density at radius 3 is 2.40 bits per heavy atom. The van der Waals surface area contributed by atoms with Crippen molar-refractivity contribution in [3.63, 3.8) is 0 Å². The van der Waals surface area contributed by atoms with E-state index in [1.807, 2.05) is 29.5 Å². The second-order valence-electron chi connectivity index (χ2n) is 7.81. The van der Waals surface area contributed by atoms with Crippen molar-refractivity contribution in [1.82, 2.24) is 9.80 Å². The summed E-state index contributed by atoms with van der Waals surface area (Å²) in [5, 5.41) is 0.773. The third kappa shape index (κ3) is 4.25. The van der Waals surface area contributed by atoms with Crippen molar-refractivity contribution in [2.45, 2.75) is 13.1 Å². The predicted octanol–water partition coefficient (Wildman–Crippen LogP) is 4.96. The fraction of sp³-hybridized carbons (Fsp3) is 0.250. The summed E-state index contributed by atoms with van der Waals surface area (Å²) in [5.41, 5.74) is 4.14. The van der Waals surface area contributed by atoms with Crippen LogP contribution in [-0.4, -0.2) is 48.1 Å². The average molecular weight is 436 g/mol. The van der Waals surface area contributed by atoms with Gasteiger partial charge in [0.15, 0.2) is 0 Å². The first kappa shape index (κ1) is 19.6. The molecule has 2 aliphatic heterocycles. The SMILES string of the molecule is O=C1N=Cc2cc(CN3CCN(Cc4ccc(-c5ccc(Cl)cc5)s4)CC3)ccc21. The number of halogens is 1. The van der Waals surface area contributed by atoms with E-state index < -0.39 is 0 Å². The van der Waals surface area contributed by atoms with Gasteiger partial charge in [-0.25, -0.2) is 4.99 Å². The molecule has 1 amide bonds. The van der Waals surface area contributed by atoms with Crippen molar-refractivity contribution in [3.8, 4) is 10.4 Å². The standard InChI is InChI=1S/C24H22ClN3OS/c25-20-4-2-18(3-5-20)23-8-6-21(30-23)16-28-11-9-27(10-12-28)15-17-1-7-22-19(13-17)14-26-24(22)29/h1-8,13-14H,9-12,15-16H2. The molecule has 3 aromatic rings. The van der Waals surface area contributed by atoms with Crippen molar-refractivity contribution in [2.24, 2.45) is 4.99 Å². The number of hydrogen-bond donors (Lipinski definition) is 0. The lowest BCUT2D eigenvalue weighted by Crippen LogP contribution is -2.45. The molecule has 0 unspecified atom stereocenters. The van der Waals surface area contributed by atoms with Crippen LogP contribution in [0.25, 0.3) is 10.4 Å². The highest BCUT2D eigenvalue weighted by molar-refractivity contribution is 7.15. The topological polar surface area (TPSA) is 35.9 Å². The zero-order chi connectivity index (χ0) is 20.5. The summed E-state index contributed by atoms with van der Waals surface area (Å²) in [6, 6.07) is 18.6. The van der Waals surface area contributed by atoms with Crippen molar-refractivity contribution in [3.05, 3.63) is 81.2 Å². The number of benzene rings is 2. The number of carbonyl (C=O) groups is 1. The second-order valence-corrected chi connectivity index (χ2v) is 9.41. The van der Waals surface area contributed by atoms with Crippen molar-refractivity contribution in [2.75, 3.05) is 26.2 Å². The maximum absolute atomic E-state index is 11.6. The van der Waals surface area contributed by atoms with Gasteiger partial charge < -0.3 is 0 Å².